The van der Waals surface area contributed by atoms with Crippen LogP contribution in [0.4, 0.5) is 0 Å². The maximum Gasteiger partial charge on any atom is 0.274 e. The summed E-state index contributed by atoms with van der Waals surface area (Å²) in [5.74, 6) is 1.27. The van der Waals surface area contributed by atoms with Gasteiger partial charge >= 0.3 is 0 Å². The van der Waals surface area contributed by atoms with Gasteiger partial charge in [-0.05, 0) is 49.7 Å². The Morgan fingerprint density at radius 2 is 2.17 bits per heavy atom. The number of hydrogen-bond acceptors (Lipinski definition) is 4. The molecule has 2 atom stereocenters. The lowest BCUT2D eigenvalue weighted by Gasteiger charge is -2.24. The molecular formula is C23H25ClN4O2. The van der Waals surface area contributed by atoms with Crippen LogP contribution in [0.3, 0.4) is 0 Å². The topological polar surface area (TPSA) is 73.0 Å². The first-order valence-electron chi connectivity index (χ1n) is 10.7. The van der Waals surface area contributed by atoms with Gasteiger partial charge in [0.2, 0.25) is 0 Å². The van der Waals surface area contributed by atoms with Crippen molar-refractivity contribution in [1.82, 2.24) is 20.3 Å². The molecule has 0 aliphatic heterocycles. The quantitative estimate of drug-likeness (QED) is 0.669. The van der Waals surface area contributed by atoms with Gasteiger partial charge in [0.25, 0.3) is 5.91 Å². The molecule has 1 amide bonds. The zero-order valence-electron chi connectivity index (χ0n) is 17.0. The minimum atomic E-state index is -0.147. The van der Waals surface area contributed by atoms with Crippen LogP contribution in [0.1, 0.15) is 70.9 Å². The molecule has 0 unspecified atom stereocenters. The largest absolute Gasteiger partial charge is 0.360 e. The second-order valence-electron chi connectivity index (χ2n) is 8.49. The van der Waals surface area contributed by atoms with E-state index in [-0.39, 0.29) is 11.9 Å². The molecule has 30 heavy (non-hydrogen) atoms. The summed E-state index contributed by atoms with van der Waals surface area (Å²) in [6, 6.07) is 7.77. The molecule has 1 N–H and O–H groups in total. The van der Waals surface area contributed by atoms with Crippen molar-refractivity contribution in [3.8, 4) is 0 Å². The molecule has 2 aliphatic rings. The van der Waals surface area contributed by atoms with E-state index in [4.69, 9.17) is 16.1 Å². The van der Waals surface area contributed by atoms with Gasteiger partial charge in [-0.3, -0.25) is 9.48 Å². The van der Waals surface area contributed by atoms with E-state index < -0.39 is 0 Å². The molecule has 2 aromatic heterocycles. The van der Waals surface area contributed by atoms with E-state index in [1.165, 1.54) is 5.69 Å². The highest BCUT2D eigenvalue weighted by molar-refractivity contribution is 6.31. The van der Waals surface area contributed by atoms with Gasteiger partial charge < -0.3 is 9.84 Å². The molecule has 0 spiro atoms. The van der Waals surface area contributed by atoms with Gasteiger partial charge in [0, 0.05) is 28.3 Å². The first-order valence-corrected chi connectivity index (χ1v) is 11.0. The highest BCUT2D eigenvalue weighted by Gasteiger charge is 2.30. The predicted molar refractivity (Wildman–Crippen MR) is 114 cm³/mol. The van der Waals surface area contributed by atoms with Crippen molar-refractivity contribution < 1.29 is 9.32 Å². The third-order valence-electron chi connectivity index (χ3n) is 6.35. The van der Waals surface area contributed by atoms with Crippen molar-refractivity contribution >= 4 is 17.5 Å². The molecule has 0 saturated carbocycles. The Morgan fingerprint density at radius 1 is 1.30 bits per heavy atom. The standard InChI is InChI=1S/C23H25ClN4O2/c1-14-9-10-21-16(11-14)22(27-30-21)23(29)26-19-7-4-8-20-17(19)12-25-28(20)13-15-5-2-3-6-18(15)24/h2-3,5-6,12,14,19H,4,7-11,13H2,1H3,(H,26,29)/t14-,19+/m1/s1. The molecule has 3 aromatic rings. The van der Waals surface area contributed by atoms with E-state index in [2.05, 4.69) is 22.5 Å². The number of nitrogens with zero attached hydrogens (tertiary/aromatic N) is 3. The summed E-state index contributed by atoms with van der Waals surface area (Å²) < 4.78 is 7.47. The van der Waals surface area contributed by atoms with Gasteiger partial charge in [-0.2, -0.15) is 5.10 Å². The Labute approximate surface area is 180 Å². The van der Waals surface area contributed by atoms with Crippen molar-refractivity contribution in [3.63, 3.8) is 0 Å². The predicted octanol–water partition coefficient (Wildman–Crippen LogP) is 4.51. The number of nitrogens with one attached hydrogen (secondary N) is 1. The molecule has 2 heterocycles. The summed E-state index contributed by atoms with van der Waals surface area (Å²) in [5, 5.41) is 12.6. The van der Waals surface area contributed by atoms with E-state index >= 15 is 0 Å². The lowest BCUT2D eigenvalue weighted by atomic mass is 9.88. The first kappa shape index (κ1) is 19.4. The Bertz CT molecular complexity index is 1090. The van der Waals surface area contributed by atoms with Crippen LogP contribution in [0, 0.1) is 5.92 Å². The summed E-state index contributed by atoms with van der Waals surface area (Å²) in [6.45, 7) is 2.84. The third kappa shape index (κ3) is 3.54. The number of fused-ring (bicyclic) bond motifs is 2. The van der Waals surface area contributed by atoms with E-state index in [1.807, 2.05) is 35.1 Å². The lowest BCUT2D eigenvalue weighted by Crippen LogP contribution is -2.32. The van der Waals surface area contributed by atoms with Crippen LogP contribution < -0.4 is 5.32 Å². The molecule has 7 heteroatoms. The van der Waals surface area contributed by atoms with E-state index in [9.17, 15) is 4.79 Å². The van der Waals surface area contributed by atoms with Crippen LogP contribution in [-0.2, 0) is 25.8 Å². The Balaban J connectivity index is 1.36. The molecule has 0 fully saturated rings. The molecule has 0 bridgehead atoms. The van der Waals surface area contributed by atoms with Crippen LogP contribution >= 0.6 is 11.6 Å². The van der Waals surface area contributed by atoms with Gasteiger partial charge in [0.15, 0.2) is 5.69 Å². The first-order chi connectivity index (χ1) is 14.6. The van der Waals surface area contributed by atoms with Gasteiger partial charge in [0.1, 0.15) is 5.76 Å². The third-order valence-corrected chi connectivity index (χ3v) is 6.72. The molecule has 0 radical (unpaired) electrons. The van der Waals surface area contributed by atoms with Crippen LogP contribution in [0.25, 0.3) is 0 Å². The van der Waals surface area contributed by atoms with Crippen molar-refractivity contribution in [1.29, 1.82) is 0 Å². The van der Waals surface area contributed by atoms with Crippen molar-refractivity contribution in [2.24, 2.45) is 5.92 Å². The number of carbonyl (C=O) groups excluding carboxylic acids is 1. The minimum absolute atomic E-state index is 0.0605. The van der Waals surface area contributed by atoms with Crippen molar-refractivity contribution in [3.05, 3.63) is 69.3 Å². The fraction of sp³-hybridized carbons (Fsp3) is 0.435. The average Bonchev–Trinajstić information content (AvgIpc) is 3.34. The van der Waals surface area contributed by atoms with Crippen LogP contribution in [-0.4, -0.2) is 20.8 Å². The van der Waals surface area contributed by atoms with Gasteiger partial charge in [-0.15, -0.1) is 0 Å². The van der Waals surface area contributed by atoms with Crippen molar-refractivity contribution in [2.75, 3.05) is 0 Å². The number of halogens is 1. The number of aryl methyl sites for hydroxylation is 1. The van der Waals surface area contributed by atoms with Crippen LogP contribution in [0.15, 0.2) is 35.0 Å². The maximum atomic E-state index is 13.0. The van der Waals surface area contributed by atoms with Crippen molar-refractivity contribution in [2.45, 2.75) is 58.0 Å². The molecule has 5 rings (SSSR count). The number of benzene rings is 1. The Kier molecular flexibility index (Phi) is 5.11. The zero-order valence-corrected chi connectivity index (χ0v) is 17.8. The second kappa shape index (κ2) is 7.91. The van der Waals surface area contributed by atoms with Crippen LogP contribution in [0.5, 0.6) is 0 Å². The number of rotatable bonds is 4. The number of carbonyl (C=O) groups is 1. The fourth-order valence-corrected chi connectivity index (χ4v) is 4.87. The van der Waals surface area contributed by atoms with Gasteiger partial charge in [0.05, 0.1) is 18.8 Å². The summed E-state index contributed by atoms with van der Waals surface area (Å²) in [5.41, 5.74) is 4.73. The normalized spacial score (nSPS) is 20.5. The fourth-order valence-electron chi connectivity index (χ4n) is 4.68. The molecule has 2 aliphatic carbocycles. The summed E-state index contributed by atoms with van der Waals surface area (Å²) >= 11 is 6.33. The molecule has 1 aromatic carbocycles. The van der Waals surface area contributed by atoms with E-state index in [0.717, 1.165) is 66.0 Å². The molecule has 156 valence electrons. The monoisotopic (exact) mass is 424 g/mol. The second-order valence-corrected chi connectivity index (χ2v) is 8.90. The molecular weight excluding hydrogens is 400 g/mol. The highest BCUT2D eigenvalue weighted by Crippen LogP contribution is 2.32. The zero-order chi connectivity index (χ0) is 20.7. The lowest BCUT2D eigenvalue weighted by molar-refractivity contribution is 0.0922. The highest BCUT2D eigenvalue weighted by atomic mass is 35.5. The number of amides is 1. The number of aromatic nitrogens is 3. The van der Waals surface area contributed by atoms with Gasteiger partial charge in [-0.1, -0.05) is 41.9 Å². The average molecular weight is 425 g/mol. The molecule has 6 nitrogen and oxygen atoms in total. The van der Waals surface area contributed by atoms with E-state index in [1.54, 1.807) is 0 Å². The van der Waals surface area contributed by atoms with E-state index in [0.29, 0.717) is 18.2 Å². The Morgan fingerprint density at radius 3 is 3.03 bits per heavy atom. The van der Waals surface area contributed by atoms with Gasteiger partial charge in [-0.25, -0.2) is 0 Å². The minimum Gasteiger partial charge on any atom is -0.360 e. The Hall–Kier alpha value is -2.60. The summed E-state index contributed by atoms with van der Waals surface area (Å²) in [4.78, 5) is 13.0. The summed E-state index contributed by atoms with van der Waals surface area (Å²) in [6.07, 6.45) is 7.53. The summed E-state index contributed by atoms with van der Waals surface area (Å²) in [7, 11) is 0. The molecule has 0 saturated heterocycles. The SMILES string of the molecule is C[C@@H]1CCc2onc(C(=O)N[C@H]3CCCc4c3cnn4Cc3ccccc3Cl)c2C1. The smallest absolute Gasteiger partial charge is 0.274 e. The number of hydrogen-bond donors (Lipinski definition) is 1. The maximum absolute atomic E-state index is 13.0. The van der Waals surface area contributed by atoms with Crippen LogP contribution in [0.2, 0.25) is 5.02 Å².